The molecule has 1 atom stereocenters. The van der Waals surface area contributed by atoms with Crippen LogP contribution in [0.4, 0.5) is 30.7 Å². The number of carboxylic acids is 1. The van der Waals surface area contributed by atoms with Crippen LogP contribution in [0.15, 0.2) is 12.1 Å². The van der Waals surface area contributed by atoms with E-state index in [0.29, 0.717) is 38.6 Å². The molecule has 1 N–H and O–H groups in total. The van der Waals surface area contributed by atoms with E-state index in [2.05, 4.69) is 0 Å². The Morgan fingerprint density at radius 2 is 1.81 bits per heavy atom. The van der Waals surface area contributed by atoms with Crippen molar-refractivity contribution in [1.29, 1.82) is 0 Å². The number of amides is 1. The number of hydrogen-bond acceptors (Lipinski definition) is 5. The van der Waals surface area contributed by atoms with Crippen molar-refractivity contribution >= 4 is 11.9 Å². The number of likely N-dealkylation sites (tertiary alicyclic amines) is 2. The molecule has 1 aromatic rings. The quantitative estimate of drug-likeness (QED) is 0.563. The first-order valence-electron chi connectivity index (χ1n) is 10.8. The molecule has 204 valence electrons. The first-order chi connectivity index (χ1) is 16.6. The summed E-state index contributed by atoms with van der Waals surface area (Å²) in [7, 11) is 2.76. The zero-order chi connectivity index (χ0) is 27.3. The molecule has 2 heterocycles. The summed E-state index contributed by atoms with van der Waals surface area (Å²) >= 11 is 0. The van der Waals surface area contributed by atoms with Crippen molar-refractivity contribution in [2.45, 2.75) is 37.9 Å². The van der Waals surface area contributed by atoms with Gasteiger partial charge in [0.1, 0.15) is 5.82 Å². The van der Waals surface area contributed by atoms with Crippen LogP contribution in [0, 0.1) is 17.0 Å². The molecule has 1 aromatic carbocycles. The van der Waals surface area contributed by atoms with E-state index in [1.165, 1.54) is 19.1 Å². The lowest BCUT2D eigenvalue weighted by atomic mass is 9.71. The molecule has 1 spiro atoms. The lowest BCUT2D eigenvalue weighted by Crippen LogP contribution is -2.61. The van der Waals surface area contributed by atoms with Crippen LogP contribution < -0.4 is 4.74 Å². The Balaban J connectivity index is 0.000000572. The SMILES string of the molecule is COCCN1CCCC2(CN(Cc3cc(F)cc(F)c3OC)CC(F)(F)C2)C1=O.O=C(O)C(F)(F)F. The number of methoxy groups -OCH3 is 2. The van der Waals surface area contributed by atoms with Crippen LogP contribution >= 0.6 is 0 Å². The van der Waals surface area contributed by atoms with Gasteiger partial charge in [0.25, 0.3) is 5.92 Å². The summed E-state index contributed by atoms with van der Waals surface area (Å²) in [5, 5.41) is 7.12. The molecule has 1 unspecified atom stereocenters. The molecule has 3 rings (SSSR count). The summed E-state index contributed by atoms with van der Waals surface area (Å²) in [5.74, 6) is -8.02. The van der Waals surface area contributed by atoms with E-state index >= 15 is 0 Å². The molecule has 2 aliphatic rings. The van der Waals surface area contributed by atoms with Crippen molar-refractivity contribution in [2.24, 2.45) is 5.41 Å². The fourth-order valence-electron chi connectivity index (χ4n) is 4.61. The van der Waals surface area contributed by atoms with Crippen molar-refractivity contribution in [2.75, 3.05) is 47.0 Å². The molecule has 7 nitrogen and oxygen atoms in total. The van der Waals surface area contributed by atoms with Crippen LogP contribution in [0.3, 0.4) is 0 Å². The molecule has 36 heavy (non-hydrogen) atoms. The van der Waals surface area contributed by atoms with Gasteiger partial charge in [-0.3, -0.25) is 9.69 Å². The summed E-state index contributed by atoms with van der Waals surface area (Å²) in [6, 6.07) is 1.77. The van der Waals surface area contributed by atoms with Gasteiger partial charge in [0.05, 0.1) is 25.7 Å². The number of alkyl halides is 5. The number of ether oxygens (including phenoxy) is 2. The lowest BCUT2D eigenvalue weighted by molar-refractivity contribution is -0.192. The fraction of sp³-hybridized carbons (Fsp3) is 0.636. The third-order valence-electron chi connectivity index (χ3n) is 5.89. The predicted octanol–water partition coefficient (Wildman–Crippen LogP) is 3.70. The Bertz CT molecular complexity index is 944. The minimum Gasteiger partial charge on any atom is -0.493 e. The number of aliphatic carboxylic acids is 1. The summed E-state index contributed by atoms with van der Waals surface area (Å²) in [6.07, 6.45) is -4.62. The topological polar surface area (TPSA) is 79.3 Å². The second-order valence-electron chi connectivity index (χ2n) is 8.73. The first kappa shape index (κ1) is 29.6. The molecule has 2 aliphatic heterocycles. The highest BCUT2D eigenvalue weighted by Gasteiger charge is 2.55. The maximum Gasteiger partial charge on any atom is 0.490 e. The predicted molar refractivity (Wildman–Crippen MR) is 112 cm³/mol. The van der Waals surface area contributed by atoms with Crippen LogP contribution in [0.1, 0.15) is 24.8 Å². The van der Waals surface area contributed by atoms with Gasteiger partial charge >= 0.3 is 12.1 Å². The number of halogens is 7. The third kappa shape index (κ3) is 7.45. The van der Waals surface area contributed by atoms with Gasteiger partial charge in [-0.25, -0.2) is 22.4 Å². The number of carboxylic acid groups (broad SMARTS) is 1. The van der Waals surface area contributed by atoms with Crippen LogP contribution in [0.2, 0.25) is 0 Å². The van der Waals surface area contributed by atoms with Crippen molar-refractivity contribution in [3.05, 3.63) is 29.3 Å². The highest BCUT2D eigenvalue weighted by Crippen LogP contribution is 2.45. The molecule has 2 fully saturated rings. The number of rotatable bonds is 6. The number of hydrogen-bond donors (Lipinski definition) is 1. The first-order valence-corrected chi connectivity index (χ1v) is 10.8. The molecule has 2 saturated heterocycles. The van der Waals surface area contributed by atoms with E-state index in [1.807, 2.05) is 0 Å². The van der Waals surface area contributed by atoms with E-state index in [-0.39, 0.29) is 30.3 Å². The number of nitrogens with zero attached hydrogens (tertiary/aromatic N) is 2. The second kappa shape index (κ2) is 11.6. The summed E-state index contributed by atoms with van der Waals surface area (Å²) < 4.78 is 98.8. The molecule has 0 aliphatic carbocycles. The van der Waals surface area contributed by atoms with Crippen LogP contribution in [0.5, 0.6) is 5.75 Å². The van der Waals surface area contributed by atoms with Crippen LogP contribution in [0.25, 0.3) is 0 Å². The lowest BCUT2D eigenvalue weighted by Gasteiger charge is -2.49. The highest BCUT2D eigenvalue weighted by molar-refractivity contribution is 5.84. The van der Waals surface area contributed by atoms with E-state index in [0.717, 1.165) is 6.07 Å². The largest absolute Gasteiger partial charge is 0.493 e. The normalized spacial score (nSPS) is 22.2. The van der Waals surface area contributed by atoms with Gasteiger partial charge < -0.3 is 19.5 Å². The molecule has 0 bridgehead atoms. The Morgan fingerprint density at radius 1 is 1.17 bits per heavy atom. The number of carbonyl (C=O) groups excluding carboxylic acids is 1. The van der Waals surface area contributed by atoms with E-state index < -0.39 is 48.1 Å². The molecule has 0 saturated carbocycles. The molecule has 1 amide bonds. The Labute approximate surface area is 202 Å². The second-order valence-corrected chi connectivity index (χ2v) is 8.73. The summed E-state index contributed by atoms with van der Waals surface area (Å²) in [5.41, 5.74) is -1.08. The van der Waals surface area contributed by atoms with Crippen molar-refractivity contribution < 1.29 is 54.9 Å². The molecule has 0 radical (unpaired) electrons. The fourth-order valence-corrected chi connectivity index (χ4v) is 4.61. The minimum atomic E-state index is -5.08. The smallest absolute Gasteiger partial charge is 0.490 e. The third-order valence-corrected chi connectivity index (χ3v) is 5.89. The van der Waals surface area contributed by atoms with Gasteiger partial charge in [-0.15, -0.1) is 0 Å². The summed E-state index contributed by atoms with van der Waals surface area (Å²) in [6.45, 7) is 0.583. The minimum absolute atomic E-state index is 0.103. The van der Waals surface area contributed by atoms with Gasteiger partial charge in [0.2, 0.25) is 5.91 Å². The Morgan fingerprint density at radius 3 is 2.36 bits per heavy atom. The monoisotopic (exact) mass is 532 g/mol. The van der Waals surface area contributed by atoms with Crippen molar-refractivity contribution in [3.8, 4) is 5.75 Å². The maximum atomic E-state index is 14.7. The zero-order valence-corrected chi connectivity index (χ0v) is 19.6. The van der Waals surface area contributed by atoms with Gasteiger partial charge in [0.15, 0.2) is 11.6 Å². The molecular weight excluding hydrogens is 505 g/mol. The van der Waals surface area contributed by atoms with Crippen molar-refractivity contribution in [3.63, 3.8) is 0 Å². The molecule has 0 aromatic heterocycles. The molecular formula is C22H27F7N2O5. The van der Waals surface area contributed by atoms with E-state index in [4.69, 9.17) is 19.4 Å². The van der Waals surface area contributed by atoms with E-state index in [9.17, 15) is 35.5 Å². The van der Waals surface area contributed by atoms with Crippen LogP contribution in [-0.2, 0) is 20.9 Å². The highest BCUT2D eigenvalue weighted by atomic mass is 19.4. The zero-order valence-electron chi connectivity index (χ0n) is 19.6. The standard InChI is InChI=1S/C20H26F4N2O3.C2HF3O2/c1-28-7-6-26-5-3-4-19(18(26)27)11-20(23,24)13-25(12-19)10-14-8-15(21)9-16(22)17(14)29-2;3-2(4,5)1(6)7/h8-9H,3-7,10-13H2,1-2H3;(H,6,7). The number of carbonyl (C=O) groups is 2. The summed E-state index contributed by atoms with van der Waals surface area (Å²) in [4.78, 5) is 25.0. The van der Waals surface area contributed by atoms with Gasteiger partial charge in [-0.2, -0.15) is 13.2 Å². The van der Waals surface area contributed by atoms with Crippen molar-refractivity contribution in [1.82, 2.24) is 9.80 Å². The average Bonchev–Trinajstić information content (AvgIpc) is 2.73. The van der Waals surface area contributed by atoms with Gasteiger partial charge in [-0.05, 0) is 18.9 Å². The molecule has 14 heteroatoms. The average molecular weight is 532 g/mol. The number of benzene rings is 1. The maximum absolute atomic E-state index is 14.7. The van der Waals surface area contributed by atoms with Gasteiger partial charge in [-0.1, -0.05) is 0 Å². The van der Waals surface area contributed by atoms with Gasteiger partial charge in [0, 0.05) is 51.3 Å². The Hall–Kier alpha value is -2.61. The Kier molecular flexibility index (Phi) is 9.57. The van der Waals surface area contributed by atoms with E-state index in [1.54, 1.807) is 4.90 Å². The number of piperidine rings is 2. The van der Waals surface area contributed by atoms with Crippen LogP contribution in [-0.4, -0.2) is 85.9 Å².